The van der Waals surface area contributed by atoms with Gasteiger partial charge in [0, 0.05) is 18.6 Å². The van der Waals surface area contributed by atoms with E-state index in [0.717, 1.165) is 11.1 Å². The first-order chi connectivity index (χ1) is 10.5. The first-order valence-corrected chi connectivity index (χ1v) is 7.07. The van der Waals surface area contributed by atoms with Crippen molar-refractivity contribution >= 4 is 17.3 Å². The van der Waals surface area contributed by atoms with Gasteiger partial charge in [0.15, 0.2) is 0 Å². The van der Waals surface area contributed by atoms with E-state index >= 15 is 0 Å². The summed E-state index contributed by atoms with van der Waals surface area (Å²) in [7, 11) is 0. The molecule has 2 aromatic rings. The second kappa shape index (κ2) is 6.85. The van der Waals surface area contributed by atoms with Crippen LogP contribution in [0.1, 0.15) is 30.4 Å². The molecule has 2 aromatic carbocycles. The SMILES string of the molecule is Cc1ccc([N+](=O)[O-])cc1NC(=O)CC(C)c1ccccc1. The van der Waals surface area contributed by atoms with Gasteiger partial charge in [-0.2, -0.15) is 0 Å². The van der Waals surface area contributed by atoms with Gasteiger partial charge in [0.1, 0.15) is 0 Å². The van der Waals surface area contributed by atoms with Crippen LogP contribution in [0.4, 0.5) is 11.4 Å². The fraction of sp³-hybridized carbons (Fsp3) is 0.235. The molecular weight excluding hydrogens is 280 g/mol. The van der Waals surface area contributed by atoms with Crippen molar-refractivity contribution in [2.45, 2.75) is 26.2 Å². The zero-order chi connectivity index (χ0) is 16.1. The van der Waals surface area contributed by atoms with E-state index in [0.29, 0.717) is 12.1 Å². The van der Waals surface area contributed by atoms with Gasteiger partial charge < -0.3 is 5.32 Å². The zero-order valence-electron chi connectivity index (χ0n) is 12.6. The number of rotatable bonds is 5. The molecule has 0 heterocycles. The third kappa shape index (κ3) is 3.91. The lowest BCUT2D eigenvalue weighted by molar-refractivity contribution is -0.384. The summed E-state index contributed by atoms with van der Waals surface area (Å²) in [4.78, 5) is 22.5. The number of aryl methyl sites for hydroxylation is 1. The quantitative estimate of drug-likeness (QED) is 0.669. The number of hydrogen-bond donors (Lipinski definition) is 1. The molecule has 0 saturated heterocycles. The summed E-state index contributed by atoms with van der Waals surface area (Å²) < 4.78 is 0. The highest BCUT2D eigenvalue weighted by molar-refractivity contribution is 5.92. The van der Waals surface area contributed by atoms with Crippen molar-refractivity contribution in [2.75, 3.05) is 5.32 Å². The molecule has 0 bridgehead atoms. The van der Waals surface area contributed by atoms with Crippen LogP contribution in [-0.4, -0.2) is 10.8 Å². The fourth-order valence-corrected chi connectivity index (χ4v) is 2.24. The number of carbonyl (C=O) groups excluding carboxylic acids is 1. The molecule has 0 saturated carbocycles. The molecule has 1 amide bonds. The summed E-state index contributed by atoms with van der Waals surface area (Å²) >= 11 is 0. The van der Waals surface area contributed by atoms with E-state index in [2.05, 4.69) is 5.32 Å². The Bertz CT molecular complexity index is 684. The van der Waals surface area contributed by atoms with E-state index in [1.54, 1.807) is 13.0 Å². The number of amides is 1. The molecule has 0 aliphatic heterocycles. The standard InChI is InChI=1S/C17H18N2O3/c1-12-8-9-15(19(21)22)11-16(12)18-17(20)10-13(2)14-6-4-3-5-7-14/h3-9,11,13H,10H2,1-2H3,(H,18,20). The van der Waals surface area contributed by atoms with E-state index in [1.165, 1.54) is 12.1 Å². The molecule has 0 radical (unpaired) electrons. The van der Waals surface area contributed by atoms with Gasteiger partial charge in [0.05, 0.1) is 10.6 Å². The molecule has 0 fully saturated rings. The molecule has 0 spiro atoms. The number of nitro benzene ring substituents is 1. The number of non-ortho nitro benzene ring substituents is 1. The van der Waals surface area contributed by atoms with Crippen LogP contribution in [0.3, 0.4) is 0 Å². The van der Waals surface area contributed by atoms with Gasteiger partial charge in [-0.1, -0.05) is 43.3 Å². The molecule has 0 aliphatic carbocycles. The van der Waals surface area contributed by atoms with Crippen molar-refractivity contribution < 1.29 is 9.72 Å². The van der Waals surface area contributed by atoms with Gasteiger partial charge in [-0.25, -0.2) is 0 Å². The lowest BCUT2D eigenvalue weighted by Crippen LogP contribution is -2.15. The largest absolute Gasteiger partial charge is 0.326 e. The lowest BCUT2D eigenvalue weighted by atomic mass is 9.97. The molecule has 1 N–H and O–H groups in total. The molecule has 0 aliphatic rings. The second-order valence-electron chi connectivity index (χ2n) is 5.32. The predicted molar refractivity (Wildman–Crippen MR) is 85.9 cm³/mol. The van der Waals surface area contributed by atoms with Gasteiger partial charge in [0.2, 0.25) is 5.91 Å². The molecule has 1 unspecified atom stereocenters. The number of anilines is 1. The van der Waals surface area contributed by atoms with Crippen LogP contribution in [-0.2, 0) is 4.79 Å². The minimum Gasteiger partial charge on any atom is -0.326 e. The van der Waals surface area contributed by atoms with Gasteiger partial charge in [-0.3, -0.25) is 14.9 Å². The van der Waals surface area contributed by atoms with Crippen molar-refractivity contribution in [3.05, 3.63) is 69.8 Å². The highest BCUT2D eigenvalue weighted by atomic mass is 16.6. The molecule has 22 heavy (non-hydrogen) atoms. The van der Waals surface area contributed by atoms with Crippen LogP contribution in [0.25, 0.3) is 0 Å². The Hall–Kier alpha value is -2.69. The summed E-state index contributed by atoms with van der Waals surface area (Å²) in [5.74, 6) is -0.0693. The van der Waals surface area contributed by atoms with Crippen molar-refractivity contribution in [3.8, 4) is 0 Å². The summed E-state index contributed by atoms with van der Waals surface area (Å²) in [6, 6.07) is 14.2. The molecule has 5 heteroatoms. The molecule has 5 nitrogen and oxygen atoms in total. The Balaban J connectivity index is 2.06. The van der Waals surface area contributed by atoms with Gasteiger partial charge in [-0.05, 0) is 24.0 Å². The zero-order valence-corrected chi connectivity index (χ0v) is 12.6. The average molecular weight is 298 g/mol. The minimum atomic E-state index is -0.471. The summed E-state index contributed by atoms with van der Waals surface area (Å²) in [6.07, 6.45) is 0.326. The van der Waals surface area contributed by atoms with Crippen LogP contribution in [0.2, 0.25) is 0 Å². The summed E-state index contributed by atoms with van der Waals surface area (Å²) in [5, 5.41) is 13.6. The summed E-state index contributed by atoms with van der Waals surface area (Å²) in [5.41, 5.74) is 2.34. The first-order valence-electron chi connectivity index (χ1n) is 7.07. The fourth-order valence-electron chi connectivity index (χ4n) is 2.24. The number of benzene rings is 2. The Morgan fingerprint density at radius 1 is 1.23 bits per heavy atom. The number of carbonyl (C=O) groups is 1. The van der Waals surface area contributed by atoms with Crippen molar-refractivity contribution in [2.24, 2.45) is 0 Å². The van der Waals surface area contributed by atoms with Crippen LogP contribution >= 0.6 is 0 Å². The third-order valence-electron chi connectivity index (χ3n) is 3.57. The highest BCUT2D eigenvalue weighted by Crippen LogP contribution is 2.24. The number of nitro groups is 1. The van der Waals surface area contributed by atoms with Gasteiger partial charge >= 0.3 is 0 Å². The van der Waals surface area contributed by atoms with Crippen molar-refractivity contribution in [3.63, 3.8) is 0 Å². The van der Waals surface area contributed by atoms with Gasteiger partial charge in [0.25, 0.3) is 5.69 Å². The van der Waals surface area contributed by atoms with Gasteiger partial charge in [-0.15, -0.1) is 0 Å². The van der Waals surface area contributed by atoms with Crippen LogP contribution in [0.15, 0.2) is 48.5 Å². The normalized spacial score (nSPS) is 11.7. The van der Waals surface area contributed by atoms with Crippen LogP contribution in [0.5, 0.6) is 0 Å². The smallest absolute Gasteiger partial charge is 0.271 e. The van der Waals surface area contributed by atoms with E-state index in [1.807, 2.05) is 37.3 Å². The van der Waals surface area contributed by atoms with Crippen LogP contribution < -0.4 is 5.32 Å². The first kappa shape index (κ1) is 15.7. The maximum Gasteiger partial charge on any atom is 0.271 e. The van der Waals surface area contributed by atoms with Crippen LogP contribution in [0, 0.1) is 17.0 Å². The maximum absolute atomic E-state index is 12.1. The number of hydrogen-bond acceptors (Lipinski definition) is 3. The highest BCUT2D eigenvalue weighted by Gasteiger charge is 2.14. The lowest BCUT2D eigenvalue weighted by Gasteiger charge is -2.13. The Morgan fingerprint density at radius 2 is 1.91 bits per heavy atom. The van der Waals surface area contributed by atoms with E-state index < -0.39 is 4.92 Å². The predicted octanol–water partition coefficient (Wildman–Crippen LogP) is 4.04. The Morgan fingerprint density at radius 3 is 2.55 bits per heavy atom. The summed E-state index contributed by atoms with van der Waals surface area (Å²) in [6.45, 7) is 3.79. The molecule has 2 rings (SSSR count). The third-order valence-corrected chi connectivity index (χ3v) is 3.57. The minimum absolute atomic E-state index is 0.0305. The molecular formula is C17H18N2O3. The Kier molecular flexibility index (Phi) is 4.88. The molecule has 0 aromatic heterocycles. The average Bonchev–Trinajstić information content (AvgIpc) is 2.50. The van der Waals surface area contributed by atoms with E-state index in [4.69, 9.17) is 0 Å². The molecule has 114 valence electrons. The second-order valence-corrected chi connectivity index (χ2v) is 5.32. The number of nitrogens with one attached hydrogen (secondary N) is 1. The monoisotopic (exact) mass is 298 g/mol. The Labute approximate surface area is 129 Å². The number of nitrogens with zero attached hydrogens (tertiary/aromatic N) is 1. The van der Waals surface area contributed by atoms with Crippen molar-refractivity contribution in [1.29, 1.82) is 0 Å². The topological polar surface area (TPSA) is 72.2 Å². The van der Waals surface area contributed by atoms with Crippen molar-refractivity contribution in [1.82, 2.24) is 0 Å². The van der Waals surface area contributed by atoms with E-state index in [9.17, 15) is 14.9 Å². The maximum atomic E-state index is 12.1. The van der Waals surface area contributed by atoms with E-state index in [-0.39, 0.29) is 17.5 Å². The molecule has 1 atom stereocenters.